The van der Waals surface area contributed by atoms with Crippen LogP contribution in [0.4, 0.5) is 0 Å². The van der Waals surface area contributed by atoms with Crippen molar-refractivity contribution in [2.75, 3.05) is 5.43 Å². The molecule has 5 aromatic rings. The second-order valence-electron chi connectivity index (χ2n) is 7.03. The van der Waals surface area contributed by atoms with Gasteiger partial charge < -0.3 is 4.52 Å². The van der Waals surface area contributed by atoms with E-state index in [1.54, 1.807) is 0 Å². The number of nitrogens with zero attached hydrogens (tertiary/aromatic N) is 4. The maximum Gasteiger partial charge on any atom is 0.281 e. The third-order valence-corrected chi connectivity index (χ3v) is 5.78. The van der Waals surface area contributed by atoms with Gasteiger partial charge in [0.1, 0.15) is 11.2 Å². The third kappa shape index (κ3) is 3.93. The molecule has 0 radical (unpaired) electrons. The number of carbonyl (C=O) groups excluding carboxylic acids is 1. The summed E-state index contributed by atoms with van der Waals surface area (Å²) >= 11 is 1.39. The average Bonchev–Trinajstić information content (AvgIpc) is 3.48. The van der Waals surface area contributed by atoms with Gasteiger partial charge in [-0.1, -0.05) is 65.8 Å². The molecule has 3 heterocycles. The van der Waals surface area contributed by atoms with Crippen LogP contribution in [0.3, 0.4) is 0 Å². The number of thiophene rings is 1. The number of amides is 1. The molecule has 0 aliphatic heterocycles. The number of fused-ring (bicyclic) bond motifs is 1. The van der Waals surface area contributed by atoms with Crippen molar-refractivity contribution in [1.29, 1.82) is 0 Å². The van der Waals surface area contributed by atoms with Crippen LogP contribution in [-0.2, 0) is 11.2 Å². The molecule has 1 amide bonds. The third-order valence-electron chi connectivity index (χ3n) is 4.89. The maximum atomic E-state index is 13.0. The van der Waals surface area contributed by atoms with Gasteiger partial charge in [-0.3, -0.25) is 15.0 Å². The smallest absolute Gasteiger partial charge is 0.281 e. The van der Waals surface area contributed by atoms with Crippen LogP contribution in [0.5, 0.6) is 0 Å². The quantitative estimate of drug-likeness (QED) is 0.427. The number of rotatable bonds is 6. The minimum atomic E-state index is -0.357. The lowest BCUT2D eigenvalue weighted by molar-refractivity contribution is -0.117. The highest BCUT2D eigenvalue weighted by atomic mass is 32.1. The molecule has 158 valence electrons. The molecular formula is C23H17N5O3S. The Morgan fingerprint density at radius 2 is 1.75 bits per heavy atom. The molecule has 0 fully saturated rings. The summed E-state index contributed by atoms with van der Waals surface area (Å²) in [4.78, 5) is 34.8. The molecule has 5 rings (SSSR count). The highest BCUT2D eigenvalue weighted by molar-refractivity contribution is 7.17. The Labute approximate surface area is 186 Å². The summed E-state index contributed by atoms with van der Waals surface area (Å²) in [6.07, 6.45) is 1.66. The van der Waals surface area contributed by atoms with Crippen LogP contribution >= 0.6 is 11.3 Å². The van der Waals surface area contributed by atoms with Crippen LogP contribution < -0.4 is 11.0 Å². The maximum absolute atomic E-state index is 13.0. The Morgan fingerprint density at radius 3 is 2.50 bits per heavy atom. The van der Waals surface area contributed by atoms with E-state index in [9.17, 15) is 9.59 Å². The zero-order valence-electron chi connectivity index (χ0n) is 16.8. The lowest BCUT2D eigenvalue weighted by Crippen LogP contribution is -2.33. The number of hydrogen-bond acceptors (Lipinski definition) is 7. The fourth-order valence-corrected chi connectivity index (χ4v) is 4.22. The SMILES string of the molecule is O=C(CCc1nc(-c2ccccc2)no1)Nn1cnc2scc(-c3ccccc3)c2c1=O. The molecule has 3 aromatic heterocycles. The Kier molecular flexibility index (Phi) is 5.30. The van der Waals surface area contributed by atoms with E-state index in [1.807, 2.05) is 66.0 Å². The number of aryl methyl sites for hydroxylation is 1. The molecule has 0 aliphatic carbocycles. The van der Waals surface area contributed by atoms with E-state index in [-0.39, 0.29) is 24.3 Å². The summed E-state index contributed by atoms with van der Waals surface area (Å²) in [7, 11) is 0. The molecule has 0 bridgehead atoms. The van der Waals surface area contributed by atoms with Gasteiger partial charge in [-0.25, -0.2) is 9.66 Å². The van der Waals surface area contributed by atoms with E-state index < -0.39 is 0 Å². The molecule has 0 atom stereocenters. The lowest BCUT2D eigenvalue weighted by atomic mass is 10.1. The predicted octanol–water partition coefficient (Wildman–Crippen LogP) is 3.88. The summed E-state index contributed by atoms with van der Waals surface area (Å²) in [5, 5.41) is 6.33. The van der Waals surface area contributed by atoms with E-state index in [4.69, 9.17) is 4.52 Å². The minimum Gasteiger partial charge on any atom is -0.339 e. The van der Waals surface area contributed by atoms with Crippen molar-refractivity contribution in [2.24, 2.45) is 0 Å². The van der Waals surface area contributed by atoms with E-state index in [0.717, 1.165) is 21.4 Å². The topological polar surface area (TPSA) is 103 Å². The first-order valence-corrected chi connectivity index (χ1v) is 10.8. The van der Waals surface area contributed by atoms with Gasteiger partial charge in [-0.05, 0) is 5.56 Å². The summed E-state index contributed by atoms with van der Waals surface area (Å²) in [6.45, 7) is 0. The Morgan fingerprint density at radius 1 is 1.03 bits per heavy atom. The van der Waals surface area contributed by atoms with Crippen molar-refractivity contribution in [3.63, 3.8) is 0 Å². The van der Waals surface area contributed by atoms with Gasteiger partial charge in [0, 0.05) is 29.3 Å². The zero-order valence-corrected chi connectivity index (χ0v) is 17.6. The average molecular weight is 443 g/mol. The summed E-state index contributed by atoms with van der Waals surface area (Å²) in [5.74, 6) is 0.464. The Balaban J connectivity index is 1.31. The van der Waals surface area contributed by atoms with Gasteiger partial charge >= 0.3 is 0 Å². The van der Waals surface area contributed by atoms with Crippen molar-refractivity contribution < 1.29 is 9.32 Å². The fourth-order valence-electron chi connectivity index (χ4n) is 3.31. The van der Waals surface area contributed by atoms with Crippen LogP contribution in [-0.4, -0.2) is 25.7 Å². The lowest BCUT2D eigenvalue weighted by Gasteiger charge is -2.07. The van der Waals surface area contributed by atoms with Crippen molar-refractivity contribution >= 4 is 27.5 Å². The molecule has 9 heteroatoms. The van der Waals surface area contributed by atoms with Crippen LogP contribution in [0.25, 0.3) is 32.7 Å². The number of nitrogens with one attached hydrogen (secondary N) is 1. The van der Waals surface area contributed by atoms with Gasteiger partial charge in [0.15, 0.2) is 0 Å². The highest BCUT2D eigenvalue weighted by Gasteiger charge is 2.15. The van der Waals surface area contributed by atoms with Gasteiger partial charge in [-0.2, -0.15) is 4.98 Å². The van der Waals surface area contributed by atoms with E-state index in [2.05, 4.69) is 20.6 Å². The van der Waals surface area contributed by atoms with E-state index >= 15 is 0 Å². The van der Waals surface area contributed by atoms with Crippen molar-refractivity contribution in [2.45, 2.75) is 12.8 Å². The highest BCUT2D eigenvalue weighted by Crippen LogP contribution is 2.30. The van der Waals surface area contributed by atoms with E-state index in [0.29, 0.717) is 21.9 Å². The monoisotopic (exact) mass is 443 g/mol. The first kappa shape index (κ1) is 19.8. The number of hydrogen-bond donors (Lipinski definition) is 1. The number of benzene rings is 2. The van der Waals surface area contributed by atoms with Crippen LogP contribution in [0.2, 0.25) is 0 Å². The zero-order chi connectivity index (χ0) is 21.9. The van der Waals surface area contributed by atoms with Gasteiger partial charge in [0.05, 0.1) is 5.39 Å². The molecule has 32 heavy (non-hydrogen) atoms. The standard InChI is InChI=1S/C23H17N5O3S/c29-18(11-12-19-25-21(27-31-19)16-9-5-2-6-10-16)26-28-14-24-22-20(23(28)30)17(13-32-22)15-7-3-1-4-8-15/h1-10,13-14H,11-12H2,(H,26,29). The Hall–Kier alpha value is -4.11. The van der Waals surface area contributed by atoms with Crippen LogP contribution in [0.15, 0.2) is 81.7 Å². The number of carbonyl (C=O) groups is 1. The van der Waals surface area contributed by atoms with E-state index in [1.165, 1.54) is 17.7 Å². The summed E-state index contributed by atoms with van der Waals surface area (Å²) < 4.78 is 6.35. The number of aromatic nitrogens is 4. The van der Waals surface area contributed by atoms with Gasteiger partial charge in [0.2, 0.25) is 17.6 Å². The first-order valence-electron chi connectivity index (χ1n) is 9.91. The normalized spacial score (nSPS) is 11.0. The molecule has 0 spiro atoms. The summed E-state index contributed by atoms with van der Waals surface area (Å²) in [5.41, 5.74) is 4.83. The fraction of sp³-hybridized carbons (Fsp3) is 0.0870. The second-order valence-corrected chi connectivity index (χ2v) is 7.89. The van der Waals surface area contributed by atoms with Crippen LogP contribution in [0, 0.1) is 0 Å². The molecule has 0 aliphatic rings. The minimum absolute atomic E-state index is 0.0794. The molecule has 8 nitrogen and oxygen atoms in total. The van der Waals surface area contributed by atoms with Gasteiger partial charge in [-0.15, -0.1) is 11.3 Å². The van der Waals surface area contributed by atoms with Crippen molar-refractivity contribution in [3.05, 3.63) is 88.6 Å². The molecule has 1 N–H and O–H groups in total. The summed E-state index contributed by atoms with van der Waals surface area (Å²) in [6, 6.07) is 19.1. The molecule has 0 saturated carbocycles. The second kappa shape index (κ2) is 8.56. The first-order chi connectivity index (χ1) is 15.7. The van der Waals surface area contributed by atoms with Crippen molar-refractivity contribution in [1.82, 2.24) is 19.8 Å². The Bertz CT molecular complexity index is 1440. The molecule has 0 unspecified atom stereocenters. The van der Waals surface area contributed by atoms with Crippen LogP contribution in [0.1, 0.15) is 12.3 Å². The largest absolute Gasteiger partial charge is 0.339 e. The molecular weight excluding hydrogens is 426 g/mol. The van der Waals surface area contributed by atoms with Gasteiger partial charge in [0.25, 0.3) is 5.56 Å². The predicted molar refractivity (Wildman–Crippen MR) is 122 cm³/mol. The van der Waals surface area contributed by atoms with Crippen molar-refractivity contribution in [3.8, 4) is 22.5 Å². The molecule has 0 saturated heterocycles. The molecule has 2 aromatic carbocycles.